The first-order valence-corrected chi connectivity index (χ1v) is 5.06. The fourth-order valence-electron chi connectivity index (χ4n) is 1.31. The summed E-state index contributed by atoms with van der Waals surface area (Å²) in [5.41, 5.74) is 0. The summed E-state index contributed by atoms with van der Waals surface area (Å²) in [6, 6.07) is 0.321. The summed E-state index contributed by atoms with van der Waals surface area (Å²) in [4.78, 5) is 11.3. The average Bonchev–Trinajstić information content (AvgIpc) is 2.05. The van der Waals surface area contributed by atoms with Gasteiger partial charge >= 0.3 is 0 Å². The van der Waals surface area contributed by atoms with Crippen molar-refractivity contribution in [2.75, 3.05) is 6.54 Å². The fourth-order valence-corrected chi connectivity index (χ4v) is 1.31. The summed E-state index contributed by atoms with van der Waals surface area (Å²) >= 11 is 0. The zero-order chi connectivity index (χ0) is 10.1. The van der Waals surface area contributed by atoms with Crippen molar-refractivity contribution in [3.63, 3.8) is 0 Å². The fraction of sp³-hybridized carbons (Fsp3) is 0.727. The highest BCUT2D eigenvalue weighted by Crippen LogP contribution is 2.02. The van der Waals surface area contributed by atoms with E-state index in [1.54, 1.807) is 0 Å². The van der Waals surface area contributed by atoms with Gasteiger partial charge in [-0.3, -0.25) is 4.79 Å². The van der Waals surface area contributed by atoms with Gasteiger partial charge in [0.25, 0.3) is 0 Å². The molecule has 13 heavy (non-hydrogen) atoms. The number of carbonyl (C=O) groups excluding carboxylic acids is 1. The lowest BCUT2D eigenvalue weighted by atomic mass is 10.1. The van der Waals surface area contributed by atoms with Crippen LogP contribution >= 0.6 is 0 Å². The Bertz CT molecular complexity index is 154. The predicted octanol–water partition coefficient (Wildman–Crippen LogP) is 2.30. The van der Waals surface area contributed by atoms with Gasteiger partial charge in [0, 0.05) is 18.9 Å². The molecule has 1 atom stereocenters. The minimum Gasteiger partial charge on any atom is -0.314 e. The zero-order valence-electron chi connectivity index (χ0n) is 8.81. The first-order chi connectivity index (χ1) is 6.20. The molecular weight excluding hydrogens is 162 g/mol. The topological polar surface area (TPSA) is 29.1 Å². The Morgan fingerprint density at radius 1 is 1.62 bits per heavy atom. The highest BCUT2D eigenvalue weighted by atomic mass is 16.1. The Labute approximate surface area is 81.4 Å². The van der Waals surface area contributed by atoms with Crippen molar-refractivity contribution in [3.8, 4) is 0 Å². The molecule has 76 valence electrons. The average molecular weight is 183 g/mol. The Morgan fingerprint density at radius 3 is 2.85 bits per heavy atom. The summed E-state index contributed by atoms with van der Waals surface area (Å²) in [5.74, 6) is 0.357. The first kappa shape index (κ1) is 12.4. The van der Waals surface area contributed by atoms with E-state index < -0.39 is 0 Å². The lowest BCUT2D eigenvalue weighted by Gasteiger charge is -2.10. The highest BCUT2D eigenvalue weighted by Gasteiger charge is 2.06. The molecule has 0 spiro atoms. The van der Waals surface area contributed by atoms with Gasteiger partial charge < -0.3 is 5.32 Å². The van der Waals surface area contributed by atoms with E-state index in [0.717, 1.165) is 19.4 Å². The minimum absolute atomic E-state index is 0.321. The number of unbranched alkanes of at least 4 members (excludes halogenated alkanes) is 1. The van der Waals surface area contributed by atoms with Crippen molar-refractivity contribution >= 4 is 5.78 Å². The standard InChI is InChI=1S/C11H21NO/c1-4-6-7-8-11(13)9-10(3)12-5-2/h4,10,12H,1,5-9H2,2-3H3. The minimum atomic E-state index is 0.321. The van der Waals surface area contributed by atoms with Crippen molar-refractivity contribution in [1.82, 2.24) is 5.32 Å². The van der Waals surface area contributed by atoms with E-state index in [1.165, 1.54) is 0 Å². The molecule has 0 rings (SSSR count). The van der Waals surface area contributed by atoms with Crippen molar-refractivity contribution < 1.29 is 4.79 Å². The van der Waals surface area contributed by atoms with Crippen LogP contribution in [0.25, 0.3) is 0 Å². The van der Waals surface area contributed by atoms with E-state index in [-0.39, 0.29) is 0 Å². The van der Waals surface area contributed by atoms with Crippen LogP contribution in [0.1, 0.15) is 39.5 Å². The second-order valence-corrected chi connectivity index (χ2v) is 3.38. The van der Waals surface area contributed by atoms with Gasteiger partial charge in [-0.2, -0.15) is 0 Å². The second-order valence-electron chi connectivity index (χ2n) is 3.38. The summed E-state index contributed by atoms with van der Waals surface area (Å²) in [6.45, 7) is 8.66. The van der Waals surface area contributed by atoms with E-state index in [9.17, 15) is 4.79 Å². The molecule has 0 heterocycles. The van der Waals surface area contributed by atoms with Gasteiger partial charge in [0.2, 0.25) is 0 Å². The first-order valence-electron chi connectivity index (χ1n) is 5.06. The van der Waals surface area contributed by atoms with E-state index in [0.29, 0.717) is 24.7 Å². The maximum absolute atomic E-state index is 11.3. The van der Waals surface area contributed by atoms with Crippen LogP contribution in [0, 0.1) is 0 Å². The molecule has 0 aromatic rings. The maximum Gasteiger partial charge on any atom is 0.134 e. The van der Waals surface area contributed by atoms with Crippen LogP contribution in [0.15, 0.2) is 12.7 Å². The summed E-state index contributed by atoms with van der Waals surface area (Å²) in [7, 11) is 0. The number of rotatable bonds is 8. The third-order valence-electron chi connectivity index (χ3n) is 1.95. The van der Waals surface area contributed by atoms with Crippen LogP contribution in [0.4, 0.5) is 0 Å². The van der Waals surface area contributed by atoms with E-state index in [2.05, 4.69) is 25.7 Å². The highest BCUT2D eigenvalue weighted by molar-refractivity contribution is 5.78. The molecule has 1 unspecified atom stereocenters. The zero-order valence-corrected chi connectivity index (χ0v) is 8.81. The van der Waals surface area contributed by atoms with Gasteiger partial charge in [-0.15, -0.1) is 6.58 Å². The molecule has 0 radical (unpaired) electrons. The third kappa shape index (κ3) is 7.72. The molecule has 0 aliphatic rings. The molecule has 0 aliphatic heterocycles. The molecule has 0 amide bonds. The molecule has 0 aliphatic carbocycles. The number of Topliss-reactive ketones (excluding diaryl/α,β-unsaturated/α-hetero) is 1. The molecule has 0 aromatic carbocycles. The monoisotopic (exact) mass is 183 g/mol. The van der Waals surface area contributed by atoms with Crippen LogP contribution in [0.3, 0.4) is 0 Å². The number of hydrogen-bond acceptors (Lipinski definition) is 2. The Morgan fingerprint density at radius 2 is 2.31 bits per heavy atom. The molecule has 2 nitrogen and oxygen atoms in total. The van der Waals surface area contributed by atoms with Crippen molar-refractivity contribution in [1.29, 1.82) is 0 Å². The molecule has 2 heteroatoms. The van der Waals surface area contributed by atoms with Gasteiger partial charge in [0.1, 0.15) is 5.78 Å². The largest absolute Gasteiger partial charge is 0.314 e. The van der Waals surface area contributed by atoms with E-state index >= 15 is 0 Å². The Hall–Kier alpha value is -0.630. The SMILES string of the molecule is C=CCCCC(=O)CC(C)NCC. The quantitative estimate of drug-likeness (QED) is 0.462. The number of nitrogens with one attached hydrogen (secondary N) is 1. The number of ketones is 1. The Balaban J connectivity index is 3.43. The van der Waals surface area contributed by atoms with Crippen LogP contribution in [-0.4, -0.2) is 18.4 Å². The predicted molar refractivity (Wildman–Crippen MR) is 56.8 cm³/mol. The van der Waals surface area contributed by atoms with Gasteiger partial charge in [0.05, 0.1) is 0 Å². The van der Waals surface area contributed by atoms with Crippen LogP contribution < -0.4 is 5.32 Å². The number of carbonyl (C=O) groups is 1. The van der Waals surface area contributed by atoms with E-state index in [4.69, 9.17) is 0 Å². The van der Waals surface area contributed by atoms with Crippen molar-refractivity contribution in [3.05, 3.63) is 12.7 Å². The van der Waals surface area contributed by atoms with Gasteiger partial charge in [0.15, 0.2) is 0 Å². The normalized spacial score (nSPS) is 12.5. The van der Waals surface area contributed by atoms with E-state index in [1.807, 2.05) is 6.08 Å². The van der Waals surface area contributed by atoms with Crippen LogP contribution in [0.5, 0.6) is 0 Å². The lowest BCUT2D eigenvalue weighted by Crippen LogP contribution is -2.28. The van der Waals surface area contributed by atoms with Crippen molar-refractivity contribution in [2.45, 2.75) is 45.6 Å². The lowest BCUT2D eigenvalue weighted by molar-refractivity contribution is -0.119. The van der Waals surface area contributed by atoms with Gasteiger partial charge in [-0.25, -0.2) is 0 Å². The second kappa shape index (κ2) is 7.99. The van der Waals surface area contributed by atoms with Crippen LogP contribution in [0.2, 0.25) is 0 Å². The molecule has 0 saturated carbocycles. The molecule has 0 fully saturated rings. The Kier molecular flexibility index (Phi) is 7.60. The molecular formula is C11H21NO. The van der Waals surface area contributed by atoms with Crippen molar-refractivity contribution in [2.24, 2.45) is 0 Å². The smallest absolute Gasteiger partial charge is 0.134 e. The third-order valence-corrected chi connectivity index (χ3v) is 1.95. The molecule has 0 aromatic heterocycles. The molecule has 0 bridgehead atoms. The number of hydrogen-bond donors (Lipinski definition) is 1. The summed E-state index contributed by atoms with van der Waals surface area (Å²) < 4.78 is 0. The van der Waals surface area contributed by atoms with Crippen LogP contribution in [-0.2, 0) is 4.79 Å². The van der Waals surface area contributed by atoms with Gasteiger partial charge in [-0.1, -0.05) is 13.0 Å². The molecule has 0 saturated heterocycles. The molecule has 1 N–H and O–H groups in total. The number of allylic oxidation sites excluding steroid dienone is 1. The summed E-state index contributed by atoms with van der Waals surface area (Å²) in [5, 5.41) is 3.23. The van der Waals surface area contributed by atoms with Gasteiger partial charge in [-0.05, 0) is 26.3 Å². The summed E-state index contributed by atoms with van der Waals surface area (Å²) in [6.07, 6.45) is 5.11. The maximum atomic E-state index is 11.3.